The number of carbonyl (C=O) groups excluding carboxylic acids is 1. The lowest BCUT2D eigenvalue weighted by molar-refractivity contribution is -0.121. The average molecular weight is 423 g/mol. The maximum atomic E-state index is 12.5. The number of ether oxygens (including phenoxy) is 2. The molecule has 0 unspecified atom stereocenters. The quantitative estimate of drug-likeness (QED) is 0.668. The predicted molar refractivity (Wildman–Crippen MR) is 124 cm³/mol. The minimum absolute atomic E-state index is 0.144. The summed E-state index contributed by atoms with van der Waals surface area (Å²) in [5.41, 5.74) is 2.38. The number of hydrogen-bond acceptors (Lipinski definition) is 4. The van der Waals surface area contributed by atoms with Gasteiger partial charge in [-0.1, -0.05) is 12.1 Å². The lowest BCUT2D eigenvalue weighted by Gasteiger charge is -2.34. The molecule has 0 aromatic heterocycles. The van der Waals surface area contributed by atoms with Gasteiger partial charge >= 0.3 is 0 Å². The highest BCUT2D eigenvalue weighted by Gasteiger charge is 2.21. The van der Waals surface area contributed by atoms with Crippen LogP contribution in [0.2, 0.25) is 0 Å². The summed E-state index contributed by atoms with van der Waals surface area (Å²) in [5, 5.41) is 3.24. The van der Waals surface area contributed by atoms with E-state index in [0.29, 0.717) is 12.5 Å². The van der Waals surface area contributed by atoms with Gasteiger partial charge in [-0.3, -0.25) is 4.79 Å². The van der Waals surface area contributed by atoms with Crippen LogP contribution in [0.4, 0.5) is 5.69 Å². The molecule has 1 aliphatic heterocycles. The van der Waals surface area contributed by atoms with Gasteiger partial charge in [0.05, 0.1) is 13.2 Å². The Balaban J connectivity index is 1.19. The van der Waals surface area contributed by atoms with Crippen LogP contribution in [0, 0.1) is 0 Å². The smallest absolute Gasteiger partial charge is 0.220 e. The second-order valence-electron chi connectivity index (χ2n) is 8.70. The molecule has 166 valence electrons. The molecule has 2 aromatic carbocycles. The Bertz CT molecular complexity index is 838. The molecule has 1 amide bonds. The molecule has 0 radical (unpaired) electrons. The highest BCUT2D eigenvalue weighted by Crippen LogP contribution is 2.25. The van der Waals surface area contributed by atoms with Gasteiger partial charge in [-0.25, -0.2) is 0 Å². The Kier molecular flexibility index (Phi) is 7.34. The number of aryl methyl sites for hydroxylation is 1. The minimum atomic E-state index is 0.144. The highest BCUT2D eigenvalue weighted by molar-refractivity contribution is 5.76. The summed E-state index contributed by atoms with van der Waals surface area (Å²) >= 11 is 0. The third-order valence-corrected chi connectivity index (χ3v) is 6.44. The van der Waals surface area contributed by atoms with Gasteiger partial charge in [0.1, 0.15) is 11.5 Å². The molecule has 4 rings (SSSR count). The summed E-state index contributed by atoms with van der Waals surface area (Å²) < 4.78 is 11.3. The molecule has 2 aromatic rings. The zero-order chi connectivity index (χ0) is 21.5. The van der Waals surface area contributed by atoms with Crippen molar-refractivity contribution in [2.24, 2.45) is 0 Å². The maximum absolute atomic E-state index is 12.5. The molecule has 2 aliphatic rings. The summed E-state index contributed by atoms with van der Waals surface area (Å²) in [6.07, 6.45) is 8.43. The molecule has 2 fully saturated rings. The molecule has 0 bridgehead atoms. The zero-order valence-electron chi connectivity index (χ0n) is 18.5. The largest absolute Gasteiger partial charge is 0.497 e. The summed E-state index contributed by atoms with van der Waals surface area (Å²) in [4.78, 5) is 14.9. The number of methoxy groups -OCH3 is 1. The third kappa shape index (κ3) is 6.16. The number of nitrogens with one attached hydrogen (secondary N) is 1. The van der Waals surface area contributed by atoms with Crippen molar-refractivity contribution >= 4 is 11.6 Å². The molecule has 1 aliphatic carbocycles. The number of benzene rings is 2. The van der Waals surface area contributed by atoms with Gasteiger partial charge in [0.15, 0.2) is 0 Å². The van der Waals surface area contributed by atoms with Crippen molar-refractivity contribution in [2.45, 2.75) is 63.5 Å². The molecular formula is C26H34N2O3. The lowest BCUT2D eigenvalue weighted by atomic mass is 10.0. The van der Waals surface area contributed by atoms with Gasteiger partial charge in [0.2, 0.25) is 5.91 Å². The summed E-state index contributed by atoms with van der Waals surface area (Å²) in [6, 6.07) is 16.7. The van der Waals surface area contributed by atoms with Crippen LogP contribution in [0.15, 0.2) is 48.5 Å². The first-order valence-electron chi connectivity index (χ1n) is 11.6. The van der Waals surface area contributed by atoms with Crippen molar-refractivity contribution in [3.63, 3.8) is 0 Å². The first-order valence-corrected chi connectivity index (χ1v) is 11.6. The van der Waals surface area contributed by atoms with E-state index in [0.717, 1.165) is 56.7 Å². The first-order chi connectivity index (χ1) is 15.2. The normalized spacial score (nSPS) is 17.5. The van der Waals surface area contributed by atoms with E-state index in [1.807, 2.05) is 24.3 Å². The molecule has 1 N–H and O–H groups in total. The van der Waals surface area contributed by atoms with Gasteiger partial charge in [-0.15, -0.1) is 0 Å². The molecule has 5 nitrogen and oxygen atoms in total. The minimum Gasteiger partial charge on any atom is -0.497 e. The van der Waals surface area contributed by atoms with Crippen LogP contribution in [-0.4, -0.2) is 38.3 Å². The van der Waals surface area contributed by atoms with Crippen molar-refractivity contribution in [1.82, 2.24) is 5.32 Å². The number of carbonyl (C=O) groups is 1. The van der Waals surface area contributed by atoms with Gasteiger partial charge < -0.3 is 19.7 Å². The van der Waals surface area contributed by atoms with Crippen LogP contribution in [0.5, 0.6) is 11.5 Å². The van der Waals surface area contributed by atoms with Crippen LogP contribution in [-0.2, 0) is 11.2 Å². The Morgan fingerprint density at radius 3 is 2.45 bits per heavy atom. The van der Waals surface area contributed by atoms with Gasteiger partial charge in [0.25, 0.3) is 0 Å². The number of hydrogen-bond donors (Lipinski definition) is 1. The standard InChI is InChI=1S/C26H34N2O3/c1-30-23-12-10-22(11-13-23)28-17-15-21(16-18-28)27-26(29)14-9-20-5-4-8-25(19-20)31-24-6-2-3-7-24/h4-5,8,10-13,19,21,24H,2-3,6-7,9,14-18H2,1H3,(H,27,29). The fourth-order valence-corrected chi connectivity index (χ4v) is 4.61. The van der Waals surface area contributed by atoms with Crippen LogP contribution >= 0.6 is 0 Å². The summed E-state index contributed by atoms with van der Waals surface area (Å²) in [6.45, 7) is 1.91. The van der Waals surface area contributed by atoms with Gasteiger partial charge in [0, 0.05) is 31.2 Å². The fourth-order valence-electron chi connectivity index (χ4n) is 4.61. The number of amides is 1. The third-order valence-electron chi connectivity index (χ3n) is 6.44. The van der Waals surface area contributed by atoms with Crippen molar-refractivity contribution < 1.29 is 14.3 Å². The number of rotatable bonds is 8. The molecule has 1 saturated heterocycles. The first kappa shape index (κ1) is 21.5. The fraction of sp³-hybridized carbons (Fsp3) is 0.500. The number of anilines is 1. The van der Waals surface area contributed by atoms with E-state index in [2.05, 4.69) is 34.5 Å². The van der Waals surface area contributed by atoms with Gasteiger partial charge in [-0.2, -0.15) is 0 Å². The van der Waals surface area contributed by atoms with Crippen molar-refractivity contribution in [1.29, 1.82) is 0 Å². The maximum Gasteiger partial charge on any atom is 0.220 e. The Morgan fingerprint density at radius 2 is 1.74 bits per heavy atom. The predicted octanol–water partition coefficient (Wildman–Crippen LogP) is 4.73. The Hall–Kier alpha value is -2.69. The molecule has 31 heavy (non-hydrogen) atoms. The van der Waals surface area contributed by atoms with E-state index in [-0.39, 0.29) is 11.9 Å². The van der Waals surface area contributed by atoms with Crippen LogP contribution in [0.3, 0.4) is 0 Å². The molecule has 1 saturated carbocycles. The average Bonchev–Trinajstić information content (AvgIpc) is 3.32. The zero-order valence-corrected chi connectivity index (χ0v) is 18.5. The molecule has 1 heterocycles. The van der Waals surface area contributed by atoms with Crippen molar-refractivity contribution in [3.05, 3.63) is 54.1 Å². The van der Waals surface area contributed by atoms with E-state index < -0.39 is 0 Å². The van der Waals surface area contributed by atoms with Gasteiger partial charge in [-0.05, 0) is 86.9 Å². The van der Waals surface area contributed by atoms with Crippen molar-refractivity contribution in [3.8, 4) is 11.5 Å². The van der Waals surface area contributed by atoms with Crippen molar-refractivity contribution in [2.75, 3.05) is 25.1 Å². The SMILES string of the molecule is COc1ccc(N2CCC(NC(=O)CCc3cccc(OC4CCCC4)c3)CC2)cc1. The van der Waals surface area contributed by atoms with E-state index in [1.54, 1.807) is 7.11 Å². The second kappa shape index (κ2) is 10.6. The van der Waals surface area contributed by atoms with E-state index in [1.165, 1.54) is 24.1 Å². The van der Waals surface area contributed by atoms with Crippen LogP contribution < -0.4 is 19.7 Å². The van der Waals surface area contributed by atoms with Crippen LogP contribution in [0.25, 0.3) is 0 Å². The van der Waals surface area contributed by atoms with E-state index in [4.69, 9.17) is 9.47 Å². The second-order valence-corrected chi connectivity index (χ2v) is 8.70. The number of nitrogens with zero attached hydrogens (tertiary/aromatic N) is 1. The Morgan fingerprint density at radius 1 is 1.00 bits per heavy atom. The number of piperidine rings is 1. The molecule has 5 heteroatoms. The highest BCUT2D eigenvalue weighted by atomic mass is 16.5. The lowest BCUT2D eigenvalue weighted by Crippen LogP contribution is -2.44. The summed E-state index contributed by atoms with van der Waals surface area (Å²) in [7, 11) is 1.68. The monoisotopic (exact) mass is 422 g/mol. The summed E-state index contributed by atoms with van der Waals surface area (Å²) in [5.74, 6) is 1.96. The van der Waals surface area contributed by atoms with Crippen LogP contribution in [0.1, 0.15) is 50.5 Å². The Labute approximate surface area is 185 Å². The molecule has 0 spiro atoms. The molecular weight excluding hydrogens is 388 g/mol. The molecule has 0 atom stereocenters. The van der Waals surface area contributed by atoms with E-state index >= 15 is 0 Å². The van der Waals surface area contributed by atoms with E-state index in [9.17, 15) is 4.79 Å². The topological polar surface area (TPSA) is 50.8 Å².